The largest absolute Gasteiger partial charge is 0.478 e. The van der Waals surface area contributed by atoms with Crippen molar-refractivity contribution in [3.63, 3.8) is 0 Å². The molecule has 0 fully saturated rings. The molecule has 118 valence electrons. The van der Waals surface area contributed by atoms with Crippen molar-refractivity contribution in [2.45, 2.75) is 12.2 Å². The van der Waals surface area contributed by atoms with Gasteiger partial charge in [-0.15, -0.1) is 0 Å². The Morgan fingerprint density at radius 2 is 1.90 bits per heavy atom. The minimum Gasteiger partial charge on any atom is -0.478 e. The molecule has 10 heteroatoms. The number of benzene rings is 1. The summed E-state index contributed by atoms with van der Waals surface area (Å²) in [5.41, 5.74) is 0.325. The average Bonchev–Trinajstić information content (AvgIpc) is 2.33. The molecule has 0 unspecified atom stereocenters. The predicted octanol–water partition coefficient (Wildman–Crippen LogP) is -0.517. The molecule has 0 saturated carbocycles. The van der Waals surface area contributed by atoms with E-state index in [0.717, 1.165) is 0 Å². The van der Waals surface area contributed by atoms with Crippen molar-refractivity contribution in [1.29, 1.82) is 0 Å². The third-order valence-corrected chi connectivity index (χ3v) is 4.67. The number of carboxylic acid groups (broad SMARTS) is 1. The number of carboxylic acids is 1. The van der Waals surface area contributed by atoms with Crippen LogP contribution in [0.5, 0.6) is 0 Å². The summed E-state index contributed by atoms with van der Waals surface area (Å²) in [7, 11) is -7.29. The quantitative estimate of drug-likeness (QED) is 0.545. The number of nitrogens with one attached hydrogen (secondary N) is 1. The predicted molar refractivity (Wildman–Crippen MR) is 76.6 cm³/mol. The lowest BCUT2D eigenvalue weighted by Crippen LogP contribution is -2.28. The lowest BCUT2D eigenvalue weighted by molar-refractivity contribution is 0.0696. The van der Waals surface area contributed by atoms with E-state index in [1.807, 2.05) is 0 Å². The standard InChI is InChI=1S/C11H16N2O6S2/c12-20(16,17)6-2-5-13-21(18,19)8-9-3-1-4-10(7-9)11(14)15/h1,3-4,7,13H,2,5-6,8H2,(H,14,15)(H2,12,16,17). The normalized spacial score (nSPS) is 12.2. The number of primary sulfonamides is 1. The van der Waals surface area contributed by atoms with Crippen LogP contribution in [0.4, 0.5) is 0 Å². The fourth-order valence-corrected chi connectivity index (χ4v) is 3.29. The van der Waals surface area contributed by atoms with Crippen molar-refractivity contribution >= 4 is 26.0 Å². The molecule has 0 atom stereocenters. The molecule has 1 aromatic carbocycles. The molecule has 0 bridgehead atoms. The summed E-state index contributed by atoms with van der Waals surface area (Å²) >= 11 is 0. The van der Waals surface area contributed by atoms with Crippen molar-refractivity contribution in [3.8, 4) is 0 Å². The summed E-state index contributed by atoms with van der Waals surface area (Å²) in [5, 5.41) is 13.6. The van der Waals surface area contributed by atoms with Crippen molar-refractivity contribution in [2.75, 3.05) is 12.3 Å². The minimum atomic E-state index is -3.67. The number of nitrogens with two attached hydrogens (primary N) is 1. The Hall–Kier alpha value is -1.49. The minimum absolute atomic E-state index is 0.00285. The average molecular weight is 336 g/mol. The zero-order valence-electron chi connectivity index (χ0n) is 11.0. The molecule has 4 N–H and O–H groups in total. The molecule has 1 aromatic rings. The van der Waals surface area contributed by atoms with E-state index in [1.54, 1.807) is 0 Å². The topological polar surface area (TPSA) is 144 Å². The third kappa shape index (κ3) is 7.18. The molecule has 0 spiro atoms. The maximum absolute atomic E-state index is 11.8. The number of aromatic carboxylic acids is 1. The first-order valence-corrected chi connectivity index (χ1v) is 9.26. The molecular weight excluding hydrogens is 320 g/mol. The van der Waals surface area contributed by atoms with Gasteiger partial charge >= 0.3 is 5.97 Å². The summed E-state index contributed by atoms with van der Waals surface area (Å²) < 4.78 is 47.2. The highest BCUT2D eigenvalue weighted by Crippen LogP contribution is 2.08. The monoisotopic (exact) mass is 336 g/mol. The molecule has 8 nitrogen and oxygen atoms in total. The molecule has 1 rings (SSSR count). The highest BCUT2D eigenvalue weighted by atomic mass is 32.2. The summed E-state index contributed by atoms with van der Waals surface area (Å²) in [6.07, 6.45) is 0.0627. The van der Waals surface area contributed by atoms with Gasteiger partial charge in [-0.25, -0.2) is 31.5 Å². The molecule has 0 aliphatic heterocycles. The Bertz CT molecular complexity index is 712. The van der Waals surface area contributed by atoms with Gasteiger partial charge < -0.3 is 5.11 Å². The van der Waals surface area contributed by atoms with Gasteiger partial charge in [0.15, 0.2) is 0 Å². The number of hydrogen-bond acceptors (Lipinski definition) is 5. The Labute approximate surface area is 123 Å². The van der Waals surface area contributed by atoms with Crippen LogP contribution in [0, 0.1) is 0 Å². The van der Waals surface area contributed by atoms with E-state index >= 15 is 0 Å². The van der Waals surface area contributed by atoms with Crippen molar-refractivity contribution in [1.82, 2.24) is 4.72 Å². The molecule has 0 aliphatic carbocycles. The highest BCUT2D eigenvalue weighted by Gasteiger charge is 2.13. The molecular formula is C11H16N2O6S2. The van der Waals surface area contributed by atoms with E-state index in [0.29, 0.717) is 5.56 Å². The first-order chi connectivity index (χ1) is 9.59. The van der Waals surface area contributed by atoms with E-state index in [9.17, 15) is 21.6 Å². The van der Waals surface area contributed by atoms with Crippen LogP contribution in [0.15, 0.2) is 24.3 Å². The number of sulfonamides is 2. The zero-order valence-corrected chi connectivity index (χ0v) is 12.7. The Morgan fingerprint density at radius 3 is 2.48 bits per heavy atom. The SMILES string of the molecule is NS(=O)(=O)CCCNS(=O)(=O)Cc1cccc(C(=O)O)c1. The summed E-state index contributed by atoms with van der Waals surface area (Å²) in [5.74, 6) is -1.84. The fraction of sp³-hybridized carbons (Fsp3) is 0.364. The Balaban J connectivity index is 2.60. The second-order valence-corrected chi connectivity index (χ2v) is 7.92. The van der Waals surface area contributed by atoms with Crippen LogP contribution in [0.1, 0.15) is 22.3 Å². The van der Waals surface area contributed by atoms with Crippen molar-refractivity contribution in [2.24, 2.45) is 5.14 Å². The molecule has 21 heavy (non-hydrogen) atoms. The smallest absolute Gasteiger partial charge is 0.335 e. The van der Waals surface area contributed by atoms with Crippen LogP contribution in [-0.4, -0.2) is 40.2 Å². The maximum Gasteiger partial charge on any atom is 0.335 e. The van der Waals surface area contributed by atoms with Gasteiger partial charge in [-0.05, 0) is 24.1 Å². The molecule has 0 aliphatic rings. The second-order valence-electron chi connectivity index (χ2n) is 4.38. The van der Waals surface area contributed by atoms with Gasteiger partial charge in [0.05, 0.1) is 17.1 Å². The summed E-state index contributed by atoms with van der Waals surface area (Å²) in [6, 6.07) is 5.58. The number of rotatable bonds is 8. The van der Waals surface area contributed by atoms with Crippen LogP contribution in [0.2, 0.25) is 0 Å². The highest BCUT2D eigenvalue weighted by molar-refractivity contribution is 7.89. The van der Waals surface area contributed by atoms with Crippen LogP contribution in [-0.2, 0) is 25.8 Å². The molecule has 0 aromatic heterocycles. The first-order valence-electron chi connectivity index (χ1n) is 5.89. The van der Waals surface area contributed by atoms with Crippen LogP contribution in [0.25, 0.3) is 0 Å². The van der Waals surface area contributed by atoms with E-state index in [-0.39, 0.29) is 30.0 Å². The van der Waals surface area contributed by atoms with Gasteiger partial charge in [0.2, 0.25) is 20.0 Å². The molecule has 0 radical (unpaired) electrons. The van der Waals surface area contributed by atoms with Gasteiger partial charge in [-0.3, -0.25) is 0 Å². The second kappa shape index (κ2) is 6.98. The van der Waals surface area contributed by atoms with Crippen molar-refractivity contribution < 1.29 is 26.7 Å². The zero-order chi connectivity index (χ0) is 16.1. The Kier molecular flexibility index (Phi) is 5.84. The van der Waals surface area contributed by atoms with Crippen molar-refractivity contribution in [3.05, 3.63) is 35.4 Å². The molecule has 0 saturated heterocycles. The van der Waals surface area contributed by atoms with E-state index in [4.69, 9.17) is 10.2 Å². The van der Waals surface area contributed by atoms with Crippen LogP contribution >= 0.6 is 0 Å². The lowest BCUT2D eigenvalue weighted by atomic mass is 10.1. The van der Waals surface area contributed by atoms with E-state index < -0.39 is 26.0 Å². The number of carbonyl (C=O) groups is 1. The van der Waals surface area contributed by atoms with Gasteiger partial charge in [0.25, 0.3) is 0 Å². The van der Waals surface area contributed by atoms with Crippen LogP contribution in [0.3, 0.4) is 0 Å². The summed E-state index contributed by atoms with van der Waals surface area (Å²) in [4.78, 5) is 10.8. The van der Waals surface area contributed by atoms with E-state index in [1.165, 1.54) is 24.3 Å². The number of hydrogen-bond donors (Lipinski definition) is 3. The van der Waals surface area contributed by atoms with E-state index in [2.05, 4.69) is 4.72 Å². The third-order valence-electron chi connectivity index (χ3n) is 2.46. The maximum atomic E-state index is 11.8. The van der Waals surface area contributed by atoms with Gasteiger partial charge in [0.1, 0.15) is 0 Å². The van der Waals surface area contributed by atoms with Crippen LogP contribution < -0.4 is 9.86 Å². The Morgan fingerprint density at radius 1 is 1.24 bits per heavy atom. The molecule has 0 heterocycles. The molecule has 0 amide bonds. The first kappa shape index (κ1) is 17.6. The van der Waals surface area contributed by atoms with Gasteiger partial charge in [-0.1, -0.05) is 12.1 Å². The lowest BCUT2D eigenvalue weighted by Gasteiger charge is -2.07. The van der Waals surface area contributed by atoms with Gasteiger partial charge in [-0.2, -0.15) is 0 Å². The fourth-order valence-electron chi connectivity index (χ4n) is 1.57. The summed E-state index contributed by atoms with van der Waals surface area (Å²) in [6.45, 7) is -0.0582. The van der Waals surface area contributed by atoms with Gasteiger partial charge in [0, 0.05) is 6.54 Å².